The molecule has 0 spiro atoms. The van der Waals surface area contributed by atoms with Crippen molar-refractivity contribution >= 4 is 0 Å². The Morgan fingerprint density at radius 3 is 2.69 bits per heavy atom. The van der Waals surface area contributed by atoms with Gasteiger partial charge in [-0.15, -0.1) is 0 Å². The van der Waals surface area contributed by atoms with Crippen LogP contribution in [0.25, 0.3) is 0 Å². The highest BCUT2D eigenvalue weighted by Crippen LogP contribution is 2.31. The van der Waals surface area contributed by atoms with E-state index in [4.69, 9.17) is 0 Å². The van der Waals surface area contributed by atoms with Crippen molar-refractivity contribution in [1.29, 1.82) is 0 Å². The Morgan fingerprint density at radius 1 is 1.23 bits per heavy atom. The number of fused-ring (bicyclic) bond motifs is 1. The summed E-state index contributed by atoms with van der Waals surface area (Å²) in [6, 6.07) is 0.814. The molecule has 2 nitrogen and oxygen atoms in total. The predicted molar refractivity (Wildman–Crippen MR) is 55.8 cm³/mol. The van der Waals surface area contributed by atoms with Crippen molar-refractivity contribution in [2.24, 2.45) is 5.92 Å². The minimum Gasteiger partial charge on any atom is -0.315 e. The minimum absolute atomic E-state index is 0.357. The summed E-state index contributed by atoms with van der Waals surface area (Å²) >= 11 is 0. The molecule has 13 heavy (non-hydrogen) atoms. The second kappa shape index (κ2) is 3.25. The zero-order chi connectivity index (χ0) is 9.47. The second-order valence-corrected chi connectivity index (χ2v) is 5.49. The molecule has 0 aliphatic carbocycles. The Morgan fingerprint density at radius 2 is 2.00 bits per heavy atom. The smallest absolute Gasteiger partial charge is 0.0266 e. The third-order valence-corrected chi connectivity index (χ3v) is 3.54. The second-order valence-electron chi connectivity index (χ2n) is 5.49. The third kappa shape index (κ3) is 1.75. The Kier molecular flexibility index (Phi) is 2.37. The molecule has 0 amide bonds. The lowest BCUT2D eigenvalue weighted by molar-refractivity contribution is 0.0381. The number of hydrogen-bond donors (Lipinski definition) is 1. The average Bonchev–Trinajstić information content (AvgIpc) is 2.48. The SMILES string of the molecule is CC(C)(C)N1CCCC2CNCC21. The fourth-order valence-corrected chi connectivity index (χ4v) is 2.90. The molecule has 0 aromatic heterocycles. The molecule has 2 heterocycles. The first kappa shape index (κ1) is 9.47. The Hall–Kier alpha value is -0.0800. The lowest BCUT2D eigenvalue weighted by Gasteiger charge is -2.45. The molecule has 76 valence electrons. The normalized spacial score (nSPS) is 36.2. The summed E-state index contributed by atoms with van der Waals surface area (Å²) in [5.74, 6) is 0.924. The monoisotopic (exact) mass is 182 g/mol. The highest BCUT2D eigenvalue weighted by molar-refractivity contribution is 4.96. The van der Waals surface area contributed by atoms with Crippen LogP contribution in [0.3, 0.4) is 0 Å². The number of nitrogens with zero attached hydrogens (tertiary/aromatic N) is 1. The molecule has 0 radical (unpaired) electrons. The molecule has 2 rings (SSSR count). The molecule has 2 aliphatic heterocycles. The molecule has 2 unspecified atom stereocenters. The van der Waals surface area contributed by atoms with E-state index in [2.05, 4.69) is 31.0 Å². The van der Waals surface area contributed by atoms with Gasteiger partial charge in [-0.05, 0) is 52.6 Å². The number of likely N-dealkylation sites (tertiary alicyclic amines) is 1. The molecule has 1 N–H and O–H groups in total. The van der Waals surface area contributed by atoms with Crippen molar-refractivity contribution in [2.45, 2.75) is 45.2 Å². The van der Waals surface area contributed by atoms with Gasteiger partial charge in [-0.25, -0.2) is 0 Å². The van der Waals surface area contributed by atoms with Crippen LogP contribution in [0.15, 0.2) is 0 Å². The fourth-order valence-electron chi connectivity index (χ4n) is 2.90. The number of hydrogen-bond acceptors (Lipinski definition) is 2. The number of nitrogens with one attached hydrogen (secondary N) is 1. The van der Waals surface area contributed by atoms with Gasteiger partial charge in [-0.1, -0.05) is 0 Å². The van der Waals surface area contributed by atoms with E-state index in [1.165, 1.54) is 32.5 Å². The summed E-state index contributed by atoms with van der Waals surface area (Å²) in [6.45, 7) is 10.8. The summed E-state index contributed by atoms with van der Waals surface area (Å²) in [4.78, 5) is 2.70. The van der Waals surface area contributed by atoms with Gasteiger partial charge >= 0.3 is 0 Å². The van der Waals surface area contributed by atoms with E-state index in [1.807, 2.05) is 0 Å². The van der Waals surface area contributed by atoms with Crippen LogP contribution in [0, 0.1) is 5.92 Å². The number of rotatable bonds is 0. The van der Waals surface area contributed by atoms with Crippen LogP contribution in [0.4, 0.5) is 0 Å². The van der Waals surface area contributed by atoms with Crippen LogP contribution in [-0.4, -0.2) is 36.1 Å². The van der Waals surface area contributed by atoms with Gasteiger partial charge in [0, 0.05) is 18.1 Å². The van der Waals surface area contributed by atoms with Gasteiger partial charge < -0.3 is 5.32 Å². The zero-order valence-corrected chi connectivity index (χ0v) is 9.14. The molecule has 2 atom stereocenters. The van der Waals surface area contributed by atoms with Crippen molar-refractivity contribution in [3.8, 4) is 0 Å². The largest absolute Gasteiger partial charge is 0.315 e. The van der Waals surface area contributed by atoms with Crippen LogP contribution < -0.4 is 5.32 Å². The van der Waals surface area contributed by atoms with Gasteiger partial charge in [0.2, 0.25) is 0 Å². The summed E-state index contributed by atoms with van der Waals surface area (Å²) in [5, 5.41) is 3.52. The minimum atomic E-state index is 0.357. The third-order valence-electron chi connectivity index (χ3n) is 3.54. The van der Waals surface area contributed by atoms with E-state index in [1.54, 1.807) is 0 Å². The van der Waals surface area contributed by atoms with Crippen molar-refractivity contribution in [2.75, 3.05) is 19.6 Å². The molecular formula is C11H22N2. The zero-order valence-electron chi connectivity index (χ0n) is 9.14. The van der Waals surface area contributed by atoms with E-state index in [-0.39, 0.29) is 0 Å². The van der Waals surface area contributed by atoms with E-state index in [0.717, 1.165) is 12.0 Å². The van der Waals surface area contributed by atoms with Crippen molar-refractivity contribution < 1.29 is 0 Å². The summed E-state index contributed by atoms with van der Waals surface area (Å²) in [7, 11) is 0. The van der Waals surface area contributed by atoms with E-state index in [0.29, 0.717) is 5.54 Å². The summed E-state index contributed by atoms with van der Waals surface area (Å²) in [6.07, 6.45) is 2.82. The molecule has 2 heteroatoms. The first-order chi connectivity index (χ1) is 6.09. The van der Waals surface area contributed by atoms with Gasteiger partial charge in [0.25, 0.3) is 0 Å². The van der Waals surface area contributed by atoms with Gasteiger partial charge in [-0.2, -0.15) is 0 Å². The van der Waals surface area contributed by atoms with Crippen LogP contribution in [0.5, 0.6) is 0 Å². The van der Waals surface area contributed by atoms with Crippen LogP contribution in [-0.2, 0) is 0 Å². The lowest BCUT2D eigenvalue weighted by atomic mass is 9.88. The fraction of sp³-hybridized carbons (Fsp3) is 1.00. The maximum atomic E-state index is 3.52. The maximum absolute atomic E-state index is 3.52. The highest BCUT2D eigenvalue weighted by atomic mass is 15.3. The van der Waals surface area contributed by atoms with Gasteiger partial charge in [-0.3, -0.25) is 4.90 Å². The molecule has 0 aromatic carbocycles. The molecule has 0 bridgehead atoms. The predicted octanol–water partition coefficient (Wildman–Crippen LogP) is 1.47. The number of piperidine rings is 1. The van der Waals surface area contributed by atoms with E-state index < -0.39 is 0 Å². The molecule has 0 aromatic rings. The summed E-state index contributed by atoms with van der Waals surface area (Å²) in [5.41, 5.74) is 0.357. The highest BCUT2D eigenvalue weighted by Gasteiger charge is 2.39. The molecule has 2 saturated heterocycles. The van der Waals surface area contributed by atoms with E-state index in [9.17, 15) is 0 Å². The molecule has 2 fully saturated rings. The first-order valence-electron chi connectivity index (χ1n) is 5.56. The summed E-state index contributed by atoms with van der Waals surface area (Å²) < 4.78 is 0. The molecular weight excluding hydrogens is 160 g/mol. The first-order valence-corrected chi connectivity index (χ1v) is 5.56. The van der Waals surface area contributed by atoms with Crippen LogP contribution in [0.2, 0.25) is 0 Å². The van der Waals surface area contributed by atoms with Crippen molar-refractivity contribution in [3.05, 3.63) is 0 Å². The van der Waals surface area contributed by atoms with E-state index >= 15 is 0 Å². The molecule has 2 aliphatic rings. The quantitative estimate of drug-likeness (QED) is 0.610. The van der Waals surface area contributed by atoms with Gasteiger partial charge in [0.05, 0.1) is 0 Å². The average molecular weight is 182 g/mol. The molecule has 0 saturated carbocycles. The van der Waals surface area contributed by atoms with Gasteiger partial charge in [0.1, 0.15) is 0 Å². The van der Waals surface area contributed by atoms with Crippen molar-refractivity contribution in [1.82, 2.24) is 10.2 Å². The Balaban J connectivity index is 2.10. The topological polar surface area (TPSA) is 15.3 Å². The lowest BCUT2D eigenvalue weighted by Crippen LogP contribution is -2.54. The Labute approximate surface area is 81.7 Å². The van der Waals surface area contributed by atoms with Gasteiger partial charge in [0.15, 0.2) is 0 Å². The van der Waals surface area contributed by atoms with Crippen LogP contribution >= 0.6 is 0 Å². The van der Waals surface area contributed by atoms with Crippen LogP contribution in [0.1, 0.15) is 33.6 Å². The standard InChI is InChI=1S/C11H22N2/c1-11(2,3)13-6-4-5-9-7-12-8-10(9)13/h9-10,12H,4-8H2,1-3H3. The Bertz CT molecular complexity index is 183. The van der Waals surface area contributed by atoms with Crippen molar-refractivity contribution in [3.63, 3.8) is 0 Å². The maximum Gasteiger partial charge on any atom is 0.0266 e.